The molecule has 4 rings (SSSR count). The minimum atomic E-state index is -1.35. The molecular formula is C22H25N3O4. The van der Waals surface area contributed by atoms with Crippen molar-refractivity contribution in [2.75, 3.05) is 0 Å². The standard InChI is InChI=1S/C22H25N3O4/c1-22(2,21(27)28)24-20(26)14-8-9-18-17(12-14)23-19(15-10-11-29-13-15)25(18)16-6-4-3-5-7-16/h8-13,16H,3-7H2,1-2H3,(H,24,26)(H,27,28). The maximum absolute atomic E-state index is 12.6. The smallest absolute Gasteiger partial charge is 0.328 e. The van der Waals surface area contributed by atoms with Crippen LogP contribution in [0, 0.1) is 0 Å². The van der Waals surface area contributed by atoms with Crippen LogP contribution < -0.4 is 5.32 Å². The zero-order chi connectivity index (χ0) is 20.6. The van der Waals surface area contributed by atoms with E-state index >= 15 is 0 Å². The summed E-state index contributed by atoms with van der Waals surface area (Å²) in [7, 11) is 0. The van der Waals surface area contributed by atoms with Crippen LogP contribution in [0.1, 0.15) is 62.4 Å². The first-order chi connectivity index (χ1) is 13.9. The third-order valence-corrected chi connectivity index (χ3v) is 5.63. The van der Waals surface area contributed by atoms with Crippen molar-refractivity contribution >= 4 is 22.9 Å². The Morgan fingerprint density at radius 1 is 1.21 bits per heavy atom. The fraction of sp³-hybridized carbons (Fsp3) is 0.409. The van der Waals surface area contributed by atoms with Gasteiger partial charge in [-0.3, -0.25) is 4.79 Å². The van der Waals surface area contributed by atoms with Crippen molar-refractivity contribution in [1.29, 1.82) is 0 Å². The van der Waals surface area contributed by atoms with Gasteiger partial charge in [0.25, 0.3) is 5.91 Å². The Balaban J connectivity index is 1.76. The summed E-state index contributed by atoms with van der Waals surface area (Å²) in [4.78, 5) is 28.7. The minimum absolute atomic E-state index is 0.365. The average molecular weight is 395 g/mol. The van der Waals surface area contributed by atoms with Crippen molar-refractivity contribution in [3.05, 3.63) is 42.4 Å². The molecule has 0 bridgehead atoms. The number of aromatic nitrogens is 2. The second-order valence-corrected chi connectivity index (χ2v) is 8.20. The average Bonchev–Trinajstić information content (AvgIpc) is 3.35. The van der Waals surface area contributed by atoms with Crippen LogP contribution in [0.3, 0.4) is 0 Å². The molecule has 1 fully saturated rings. The number of amides is 1. The molecule has 0 atom stereocenters. The van der Waals surface area contributed by atoms with Crippen molar-refractivity contribution in [3.8, 4) is 11.4 Å². The normalized spacial score (nSPS) is 15.5. The number of benzene rings is 1. The topological polar surface area (TPSA) is 97.4 Å². The summed E-state index contributed by atoms with van der Waals surface area (Å²) in [6.07, 6.45) is 9.17. The first kappa shape index (κ1) is 19.2. The van der Waals surface area contributed by atoms with Gasteiger partial charge in [0.05, 0.1) is 22.9 Å². The summed E-state index contributed by atoms with van der Waals surface area (Å²) in [6, 6.07) is 7.62. The van der Waals surface area contributed by atoms with Crippen LogP contribution in [-0.4, -0.2) is 32.1 Å². The number of fused-ring (bicyclic) bond motifs is 1. The number of furan rings is 1. The number of hydrogen-bond donors (Lipinski definition) is 2. The number of carbonyl (C=O) groups excluding carboxylic acids is 1. The maximum atomic E-state index is 12.6. The zero-order valence-electron chi connectivity index (χ0n) is 16.6. The lowest BCUT2D eigenvalue weighted by Gasteiger charge is -2.25. The van der Waals surface area contributed by atoms with Gasteiger partial charge in [-0.2, -0.15) is 0 Å². The van der Waals surface area contributed by atoms with Crippen molar-refractivity contribution < 1.29 is 19.1 Å². The van der Waals surface area contributed by atoms with Gasteiger partial charge in [0.2, 0.25) is 0 Å². The molecule has 1 aromatic carbocycles. The molecule has 3 aromatic rings. The van der Waals surface area contributed by atoms with E-state index in [-0.39, 0.29) is 0 Å². The number of hydrogen-bond acceptors (Lipinski definition) is 4. The van der Waals surface area contributed by atoms with Crippen LogP contribution in [0.15, 0.2) is 41.2 Å². The highest BCUT2D eigenvalue weighted by Crippen LogP contribution is 2.36. The van der Waals surface area contributed by atoms with Gasteiger partial charge >= 0.3 is 5.97 Å². The fourth-order valence-electron chi connectivity index (χ4n) is 3.95. The molecule has 1 saturated carbocycles. The Morgan fingerprint density at radius 2 is 1.97 bits per heavy atom. The highest BCUT2D eigenvalue weighted by Gasteiger charge is 2.30. The molecule has 7 heteroatoms. The molecule has 1 amide bonds. The van der Waals surface area contributed by atoms with Gasteiger partial charge in [-0.15, -0.1) is 0 Å². The Labute approximate surface area is 168 Å². The summed E-state index contributed by atoms with van der Waals surface area (Å²) < 4.78 is 7.54. The van der Waals surface area contributed by atoms with Crippen LogP contribution in [0.25, 0.3) is 22.4 Å². The number of carbonyl (C=O) groups is 2. The van der Waals surface area contributed by atoms with Crippen LogP contribution in [-0.2, 0) is 4.79 Å². The monoisotopic (exact) mass is 395 g/mol. The molecule has 152 valence electrons. The molecular weight excluding hydrogens is 370 g/mol. The summed E-state index contributed by atoms with van der Waals surface area (Å²) in [6.45, 7) is 2.92. The third kappa shape index (κ3) is 3.64. The van der Waals surface area contributed by atoms with Crippen LogP contribution in [0.2, 0.25) is 0 Å². The van der Waals surface area contributed by atoms with E-state index in [9.17, 15) is 14.7 Å². The Hall–Kier alpha value is -3.09. The lowest BCUT2D eigenvalue weighted by Crippen LogP contribution is -2.49. The van der Waals surface area contributed by atoms with Crippen LogP contribution in [0.4, 0.5) is 0 Å². The molecule has 0 aliphatic heterocycles. The zero-order valence-corrected chi connectivity index (χ0v) is 16.6. The molecule has 1 aliphatic rings. The predicted octanol–water partition coefficient (Wildman–Crippen LogP) is 4.39. The maximum Gasteiger partial charge on any atom is 0.328 e. The lowest BCUT2D eigenvalue weighted by atomic mass is 9.95. The Kier molecular flexibility index (Phi) is 4.90. The highest BCUT2D eigenvalue weighted by atomic mass is 16.4. The van der Waals surface area contributed by atoms with Gasteiger partial charge in [-0.05, 0) is 51.0 Å². The van der Waals surface area contributed by atoms with Gasteiger partial charge in [0, 0.05) is 11.6 Å². The van der Waals surface area contributed by atoms with Crippen molar-refractivity contribution in [3.63, 3.8) is 0 Å². The van der Waals surface area contributed by atoms with Crippen LogP contribution in [0.5, 0.6) is 0 Å². The van der Waals surface area contributed by atoms with E-state index < -0.39 is 17.4 Å². The lowest BCUT2D eigenvalue weighted by molar-refractivity contribution is -0.143. The van der Waals surface area contributed by atoms with Gasteiger partial charge in [0.15, 0.2) is 0 Å². The molecule has 0 radical (unpaired) electrons. The number of carboxylic acids is 1. The number of nitrogens with one attached hydrogen (secondary N) is 1. The first-order valence-corrected chi connectivity index (χ1v) is 9.97. The first-order valence-electron chi connectivity index (χ1n) is 9.97. The van der Waals surface area contributed by atoms with E-state index in [1.807, 2.05) is 12.1 Å². The summed E-state index contributed by atoms with van der Waals surface area (Å²) >= 11 is 0. The fourth-order valence-corrected chi connectivity index (χ4v) is 3.95. The molecule has 0 spiro atoms. The third-order valence-electron chi connectivity index (χ3n) is 5.63. The van der Waals surface area contributed by atoms with E-state index in [0.29, 0.717) is 17.1 Å². The van der Waals surface area contributed by atoms with E-state index in [2.05, 4.69) is 9.88 Å². The second-order valence-electron chi connectivity index (χ2n) is 8.20. The molecule has 7 nitrogen and oxygen atoms in total. The molecule has 1 aliphatic carbocycles. The molecule has 2 heterocycles. The highest BCUT2D eigenvalue weighted by molar-refractivity contribution is 6.00. The summed E-state index contributed by atoms with van der Waals surface area (Å²) in [5, 5.41) is 11.8. The molecule has 2 aromatic heterocycles. The van der Waals surface area contributed by atoms with Crippen molar-refractivity contribution in [1.82, 2.24) is 14.9 Å². The number of carboxylic acid groups (broad SMARTS) is 1. The Bertz CT molecular complexity index is 1040. The van der Waals surface area contributed by atoms with Gasteiger partial charge in [0.1, 0.15) is 17.6 Å². The molecule has 0 unspecified atom stereocenters. The van der Waals surface area contributed by atoms with E-state index in [4.69, 9.17) is 9.40 Å². The predicted molar refractivity (Wildman–Crippen MR) is 109 cm³/mol. The van der Waals surface area contributed by atoms with E-state index in [1.54, 1.807) is 24.7 Å². The van der Waals surface area contributed by atoms with Gasteiger partial charge in [-0.1, -0.05) is 19.3 Å². The molecule has 29 heavy (non-hydrogen) atoms. The second kappa shape index (κ2) is 7.39. The van der Waals surface area contributed by atoms with E-state index in [0.717, 1.165) is 29.7 Å². The van der Waals surface area contributed by atoms with Gasteiger partial charge in [-0.25, -0.2) is 9.78 Å². The number of rotatable bonds is 5. The van der Waals surface area contributed by atoms with Gasteiger partial charge < -0.3 is 19.4 Å². The largest absolute Gasteiger partial charge is 0.480 e. The SMILES string of the molecule is CC(C)(NC(=O)c1ccc2c(c1)nc(-c1ccoc1)n2C1CCCCC1)C(=O)O. The number of aliphatic carboxylic acids is 1. The quantitative estimate of drug-likeness (QED) is 0.667. The molecule has 2 N–H and O–H groups in total. The number of imidazole rings is 1. The van der Waals surface area contributed by atoms with Crippen LogP contribution >= 0.6 is 0 Å². The summed E-state index contributed by atoms with van der Waals surface area (Å²) in [5.41, 5.74) is 1.63. The summed E-state index contributed by atoms with van der Waals surface area (Å²) in [5.74, 6) is -0.684. The minimum Gasteiger partial charge on any atom is -0.480 e. The number of nitrogens with zero attached hydrogens (tertiary/aromatic N) is 2. The van der Waals surface area contributed by atoms with Crippen molar-refractivity contribution in [2.24, 2.45) is 0 Å². The molecule has 0 saturated heterocycles. The van der Waals surface area contributed by atoms with Crippen molar-refractivity contribution in [2.45, 2.75) is 57.5 Å². The Morgan fingerprint density at radius 3 is 2.62 bits per heavy atom. The van der Waals surface area contributed by atoms with E-state index in [1.165, 1.54) is 33.1 Å².